The van der Waals surface area contributed by atoms with Crippen LogP contribution in [0.5, 0.6) is 0 Å². The minimum Gasteiger partial charge on any atom is -0.447 e. The van der Waals surface area contributed by atoms with Crippen molar-refractivity contribution in [2.45, 2.75) is 17.5 Å². The number of nitrogens with zero attached hydrogens (tertiary/aromatic N) is 2. The highest BCUT2D eigenvalue weighted by Crippen LogP contribution is 2.10. The minimum atomic E-state index is -3.77. The van der Waals surface area contributed by atoms with Crippen molar-refractivity contribution in [2.24, 2.45) is 5.14 Å². The van der Waals surface area contributed by atoms with Crippen LogP contribution in [0.15, 0.2) is 53.6 Å². The lowest BCUT2D eigenvalue weighted by Gasteiger charge is -2.19. The standard InChI is InChI=1S/C19H24N4O7S/c1-23(17-5-3-4-10-21-17)19(25)30-13-15(28-2)12-29-18(24)22-11-14-6-8-16(9-7-14)31(20,26)27/h3-10,15H,11-13H2,1-2H3,(H,22,24)(H2,20,26,27). The quantitative estimate of drug-likeness (QED) is 0.577. The van der Waals surface area contributed by atoms with E-state index in [4.69, 9.17) is 19.3 Å². The van der Waals surface area contributed by atoms with Crippen LogP contribution in [0.1, 0.15) is 5.56 Å². The molecule has 0 fully saturated rings. The number of methoxy groups -OCH3 is 1. The summed E-state index contributed by atoms with van der Waals surface area (Å²) in [6.07, 6.45) is -0.457. The van der Waals surface area contributed by atoms with Crippen LogP contribution in [0.2, 0.25) is 0 Å². The van der Waals surface area contributed by atoms with Gasteiger partial charge in [0, 0.05) is 26.9 Å². The number of primary sulfonamides is 1. The fourth-order valence-corrected chi connectivity index (χ4v) is 2.80. The SMILES string of the molecule is COC(COC(=O)NCc1ccc(S(N)(=O)=O)cc1)COC(=O)N(C)c1ccccn1. The van der Waals surface area contributed by atoms with Gasteiger partial charge in [-0.1, -0.05) is 18.2 Å². The van der Waals surface area contributed by atoms with Gasteiger partial charge in [-0.05, 0) is 29.8 Å². The number of hydrogen-bond acceptors (Lipinski definition) is 8. The summed E-state index contributed by atoms with van der Waals surface area (Å²) in [5.74, 6) is 0.425. The summed E-state index contributed by atoms with van der Waals surface area (Å²) in [6, 6.07) is 10.9. The van der Waals surface area contributed by atoms with Gasteiger partial charge in [0.15, 0.2) is 0 Å². The molecular formula is C19H24N4O7S. The number of alkyl carbamates (subject to hydrolysis) is 1. The Hall–Kier alpha value is -3.22. The second kappa shape index (κ2) is 11.2. The molecule has 0 aliphatic rings. The van der Waals surface area contributed by atoms with Crippen LogP contribution in [0.4, 0.5) is 15.4 Å². The number of nitrogens with two attached hydrogens (primary N) is 1. The van der Waals surface area contributed by atoms with Gasteiger partial charge in [-0.2, -0.15) is 0 Å². The van der Waals surface area contributed by atoms with E-state index in [0.29, 0.717) is 11.4 Å². The van der Waals surface area contributed by atoms with Crippen molar-refractivity contribution >= 4 is 28.0 Å². The summed E-state index contributed by atoms with van der Waals surface area (Å²) >= 11 is 0. The van der Waals surface area contributed by atoms with Gasteiger partial charge in [-0.15, -0.1) is 0 Å². The Balaban J connectivity index is 1.73. The second-order valence-corrected chi connectivity index (χ2v) is 7.88. The lowest BCUT2D eigenvalue weighted by molar-refractivity contribution is -0.00321. The molecule has 0 radical (unpaired) electrons. The number of rotatable bonds is 9. The third-order valence-corrected chi connectivity index (χ3v) is 5.01. The average molecular weight is 452 g/mol. The Labute approximate surface area is 180 Å². The molecule has 0 aliphatic heterocycles. The van der Waals surface area contributed by atoms with E-state index < -0.39 is 28.3 Å². The maximum Gasteiger partial charge on any atom is 0.415 e. The number of hydrogen-bond donors (Lipinski definition) is 2. The summed E-state index contributed by atoms with van der Waals surface area (Å²) < 4.78 is 37.8. The van der Waals surface area contributed by atoms with Crippen LogP contribution in [0.25, 0.3) is 0 Å². The Morgan fingerprint density at radius 3 is 2.39 bits per heavy atom. The molecule has 11 nitrogen and oxygen atoms in total. The number of carbonyl (C=O) groups excluding carboxylic acids is 2. The Morgan fingerprint density at radius 2 is 1.81 bits per heavy atom. The highest BCUT2D eigenvalue weighted by molar-refractivity contribution is 7.89. The first kappa shape index (κ1) is 24.1. The van der Waals surface area contributed by atoms with Gasteiger partial charge in [0.1, 0.15) is 25.1 Å². The summed E-state index contributed by atoms with van der Waals surface area (Å²) in [5, 5.41) is 7.55. The fraction of sp³-hybridized carbons (Fsp3) is 0.316. The van der Waals surface area contributed by atoms with Crippen LogP contribution in [0.3, 0.4) is 0 Å². The molecular weight excluding hydrogens is 428 g/mol. The van der Waals surface area contributed by atoms with E-state index in [9.17, 15) is 18.0 Å². The van der Waals surface area contributed by atoms with E-state index in [1.165, 1.54) is 43.3 Å². The Morgan fingerprint density at radius 1 is 1.13 bits per heavy atom. The van der Waals surface area contributed by atoms with Crippen molar-refractivity contribution in [1.29, 1.82) is 0 Å². The molecule has 0 aliphatic carbocycles. The number of amides is 2. The molecule has 2 amide bonds. The molecule has 2 rings (SSSR count). The van der Waals surface area contributed by atoms with Crippen LogP contribution in [-0.2, 0) is 30.8 Å². The molecule has 1 aromatic carbocycles. The van der Waals surface area contributed by atoms with Crippen molar-refractivity contribution in [2.75, 3.05) is 32.3 Å². The van der Waals surface area contributed by atoms with E-state index in [1.807, 2.05) is 0 Å². The Kier molecular flexibility index (Phi) is 8.73. The third kappa shape index (κ3) is 7.85. The molecule has 1 heterocycles. The highest BCUT2D eigenvalue weighted by atomic mass is 32.2. The molecule has 12 heteroatoms. The van der Waals surface area contributed by atoms with E-state index in [-0.39, 0.29) is 24.7 Å². The predicted octanol–water partition coefficient (Wildman–Crippen LogP) is 1.24. The maximum atomic E-state index is 12.1. The molecule has 168 valence electrons. The third-order valence-electron chi connectivity index (χ3n) is 4.08. The van der Waals surface area contributed by atoms with Crippen molar-refractivity contribution in [3.8, 4) is 0 Å². The number of benzene rings is 1. The number of carbonyl (C=O) groups is 2. The summed E-state index contributed by atoms with van der Waals surface area (Å²) in [5.41, 5.74) is 0.652. The molecule has 0 saturated heterocycles. The molecule has 1 unspecified atom stereocenters. The lowest BCUT2D eigenvalue weighted by atomic mass is 10.2. The molecule has 0 saturated carbocycles. The van der Waals surface area contributed by atoms with Gasteiger partial charge in [-0.3, -0.25) is 4.90 Å². The number of anilines is 1. The Bertz CT molecular complexity index is 969. The smallest absolute Gasteiger partial charge is 0.415 e. The molecule has 0 bridgehead atoms. The first-order valence-corrected chi connectivity index (χ1v) is 10.6. The summed E-state index contributed by atoms with van der Waals surface area (Å²) in [7, 11) is -0.855. The monoisotopic (exact) mass is 452 g/mol. The van der Waals surface area contributed by atoms with Gasteiger partial charge in [-0.25, -0.2) is 28.1 Å². The number of aromatic nitrogens is 1. The lowest BCUT2D eigenvalue weighted by Crippen LogP contribution is -2.34. The zero-order valence-electron chi connectivity index (χ0n) is 17.1. The van der Waals surface area contributed by atoms with Gasteiger partial charge in [0.25, 0.3) is 0 Å². The van der Waals surface area contributed by atoms with E-state index in [1.54, 1.807) is 24.4 Å². The van der Waals surface area contributed by atoms with E-state index >= 15 is 0 Å². The highest BCUT2D eigenvalue weighted by Gasteiger charge is 2.18. The molecule has 3 N–H and O–H groups in total. The molecule has 1 atom stereocenters. The zero-order chi connectivity index (χ0) is 22.9. The molecule has 0 spiro atoms. The predicted molar refractivity (Wildman–Crippen MR) is 111 cm³/mol. The number of ether oxygens (including phenoxy) is 3. The van der Waals surface area contributed by atoms with Gasteiger partial charge in [0.2, 0.25) is 10.0 Å². The average Bonchev–Trinajstić information content (AvgIpc) is 2.77. The molecule has 2 aromatic rings. The van der Waals surface area contributed by atoms with Gasteiger partial charge in [0.05, 0.1) is 4.90 Å². The van der Waals surface area contributed by atoms with Crippen LogP contribution >= 0.6 is 0 Å². The number of sulfonamides is 1. The summed E-state index contributed by atoms with van der Waals surface area (Å²) in [6.45, 7) is -0.159. The van der Waals surface area contributed by atoms with Crippen LogP contribution < -0.4 is 15.4 Å². The topological polar surface area (TPSA) is 150 Å². The van der Waals surface area contributed by atoms with E-state index in [2.05, 4.69) is 10.3 Å². The largest absolute Gasteiger partial charge is 0.447 e. The van der Waals surface area contributed by atoms with E-state index in [0.717, 1.165) is 0 Å². The number of pyridine rings is 1. The zero-order valence-corrected chi connectivity index (χ0v) is 17.9. The summed E-state index contributed by atoms with van der Waals surface area (Å²) in [4.78, 5) is 29.2. The first-order valence-electron chi connectivity index (χ1n) is 9.07. The second-order valence-electron chi connectivity index (χ2n) is 6.32. The van der Waals surface area contributed by atoms with Gasteiger partial charge < -0.3 is 19.5 Å². The molecule has 31 heavy (non-hydrogen) atoms. The number of nitrogens with one attached hydrogen (secondary N) is 1. The van der Waals surface area contributed by atoms with Crippen molar-refractivity contribution in [3.63, 3.8) is 0 Å². The fourth-order valence-electron chi connectivity index (χ4n) is 2.28. The minimum absolute atomic E-state index is 0.0231. The van der Waals surface area contributed by atoms with Crippen LogP contribution in [0, 0.1) is 0 Å². The first-order chi connectivity index (χ1) is 14.7. The van der Waals surface area contributed by atoms with Crippen molar-refractivity contribution in [3.05, 3.63) is 54.2 Å². The molecule has 1 aromatic heterocycles. The van der Waals surface area contributed by atoms with Crippen molar-refractivity contribution in [1.82, 2.24) is 10.3 Å². The van der Waals surface area contributed by atoms with Gasteiger partial charge >= 0.3 is 12.2 Å². The van der Waals surface area contributed by atoms with Crippen LogP contribution in [-0.4, -0.2) is 59.1 Å². The normalized spacial score (nSPS) is 12.0. The van der Waals surface area contributed by atoms with Crippen molar-refractivity contribution < 1.29 is 32.2 Å². The maximum absolute atomic E-state index is 12.1.